The number of aliphatic imine (C=N–C) groups is 1. The van der Waals surface area contributed by atoms with Crippen molar-refractivity contribution in [3.05, 3.63) is 63.8 Å². The molecule has 1 aliphatic heterocycles. The number of rotatable bonds is 5. The second-order valence-electron chi connectivity index (χ2n) is 6.07. The van der Waals surface area contributed by atoms with Gasteiger partial charge in [-0.2, -0.15) is 0 Å². The van der Waals surface area contributed by atoms with E-state index in [4.69, 9.17) is 25.8 Å². The van der Waals surface area contributed by atoms with Crippen molar-refractivity contribution in [1.82, 2.24) is 0 Å². The summed E-state index contributed by atoms with van der Waals surface area (Å²) in [6.45, 7) is 3.62. The summed E-state index contributed by atoms with van der Waals surface area (Å²) >= 11 is 6.24. The van der Waals surface area contributed by atoms with Crippen LogP contribution in [0.25, 0.3) is 6.08 Å². The monoisotopic (exact) mass is 399 g/mol. The van der Waals surface area contributed by atoms with Crippen molar-refractivity contribution in [2.45, 2.75) is 20.3 Å². The lowest BCUT2D eigenvalue weighted by atomic mass is 10.1. The van der Waals surface area contributed by atoms with Crippen LogP contribution in [0, 0.1) is 6.92 Å². The average molecular weight is 400 g/mol. The molecule has 6 nitrogen and oxygen atoms in total. The molecule has 0 atom stereocenters. The molecule has 0 N–H and O–H groups in total. The Hall–Kier alpha value is -3.12. The Bertz CT molecular complexity index is 1010. The summed E-state index contributed by atoms with van der Waals surface area (Å²) in [7, 11) is 1.43. The number of cyclic esters (lactones) is 1. The Morgan fingerprint density at radius 3 is 2.75 bits per heavy atom. The molecule has 0 amide bonds. The van der Waals surface area contributed by atoms with Gasteiger partial charge in [0, 0.05) is 12.0 Å². The summed E-state index contributed by atoms with van der Waals surface area (Å²) in [5.41, 5.74) is 2.43. The van der Waals surface area contributed by atoms with Gasteiger partial charge in [-0.05, 0) is 42.8 Å². The van der Waals surface area contributed by atoms with Crippen LogP contribution in [0.5, 0.6) is 11.5 Å². The van der Waals surface area contributed by atoms with Crippen LogP contribution >= 0.6 is 11.6 Å². The van der Waals surface area contributed by atoms with E-state index in [2.05, 4.69) is 4.99 Å². The zero-order valence-electron chi connectivity index (χ0n) is 15.6. The molecule has 0 aromatic heterocycles. The minimum absolute atomic E-state index is 0.132. The van der Waals surface area contributed by atoms with Gasteiger partial charge in [0.15, 0.2) is 17.2 Å². The van der Waals surface area contributed by atoms with Crippen LogP contribution in [0.1, 0.15) is 30.0 Å². The van der Waals surface area contributed by atoms with E-state index in [1.165, 1.54) is 13.2 Å². The summed E-state index contributed by atoms with van der Waals surface area (Å²) in [4.78, 5) is 28.1. The van der Waals surface area contributed by atoms with Gasteiger partial charge >= 0.3 is 11.9 Å². The summed E-state index contributed by atoms with van der Waals surface area (Å²) in [5, 5.41) is 0.183. The third-order valence-corrected chi connectivity index (χ3v) is 4.23. The van der Waals surface area contributed by atoms with E-state index in [0.29, 0.717) is 11.1 Å². The van der Waals surface area contributed by atoms with Crippen LogP contribution in [0.15, 0.2) is 47.1 Å². The van der Waals surface area contributed by atoms with Gasteiger partial charge in [0.05, 0.1) is 12.1 Å². The molecule has 0 saturated carbocycles. The predicted molar refractivity (Wildman–Crippen MR) is 106 cm³/mol. The third kappa shape index (κ3) is 4.23. The number of aryl methyl sites for hydroxylation is 1. The van der Waals surface area contributed by atoms with Crippen molar-refractivity contribution in [3.8, 4) is 11.5 Å². The first kappa shape index (κ1) is 19.6. The van der Waals surface area contributed by atoms with Crippen LogP contribution in [-0.2, 0) is 14.3 Å². The van der Waals surface area contributed by atoms with E-state index in [-0.39, 0.29) is 34.5 Å². The van der Waals surface area contributed by atoms with E-state index < -0.39 is 11.9 Å². The highest BCUT2D eigenvalue weighted by Crippen LogP contribution is 2.37. The number of halogens is 1. The second-order valence-corrected chi connectivity index (χ2v) is 6.47. The number of methoxy groups -OCH3 is 1. The zero-order chi connectivity index (χ0) is 20.3. The number of nitrogens with zero attached hydrogens (tertiary/aromatic N) is 1. The van der Waals surface area contributed by atoms with Gasteiger partial charge in [-0.15, -0.1) is 0 Å². The first-order valence-electron chi connectivity index (χ1n) is 8.59. The Morgan fingerprint density at radius 1 is 1.29 bits per heavy atom. The summed E-state index contributed by atoms with van der Waals surface area (Å²) in [6, 6.07) is 10.7. The largest absolute Gasteiger partial charge is 0.493 e. The molecular formula is C21H18ClNO5. The highest BCUT2D eigenvalue weighted by Gasteiger charge is 2.24. The molecule has 3 rings (SSSR count). The number of ether oxygens (including phenoxy) is 3. The third-order valence-electron chi connectivity index (χ3n) is 3.95. The predicted octanol–water partition coefficient (Wildman–Crippen LogP) is 4.32. The van der Waals surface area contributed by atoms with Crippen LogP contribution < -0.4 is 9.47 Å². The van der Waals surface area contributed by atoms with Gasteiger partial charge in [0.2, 0.25) is 5.90 Å². The molecule has 0 radical (unpaired) electrons. The van der Waals surface area contributed by atoms with E-state index in [1.54, 1.807) is 19.1 Å². The van der Waals surface area contributed by atoms with Crippen LogP contribution in [-0.4, -0.2) is 24.9 Å². The fourth-order valence-electron chi connectivity index (χ4n) is 2.58. The van der Waals surface area contributed by atoms with Gasteiger partial charge in [-0.3, -0.25) is 4.79 Å². The van der Waals surface area contributed by atoms with Crippen molar-refractivity contribution >= 4 is 35.5 Å². The Balaban J connectivity index is 1.95. The summed E-state index contributed by atoms with van der Waals surface area (Å²) in [5.74, 6) is -0.343. The van der Waals surface area contributed by atoms with E-state index in [0.717, 1.165) is 5.56 Å². The fourth-order valence-corrected chi connectivity index (χ4v) is 2.83. The maximum atomic E-state index is 12.2. The van der Waals surface area contributed by atoms with Crippen molar-refractivity contribution in [2.24, 2.45) is 4.99 Å². The topological polar surface area (TPSA) is 74.2 Å². The SMILES string of the molecule is CCC(=O)Oc1c(Cl)cc(C=C2N=C(c3cccc(C)c3)OC2=O)cc1OC. The normalized spacial score (nSPS) is 14.6. The molecule has 7 heteroatoms. The first-order valence-corrected chi connectivity index (χ1v) is 8.97. The number of carbonyl (C=O) groups is 2. The number of esters is 2. The minimum atomic E-state index is -0.562. The van der Waals surface area contributed by atoms with Gasteiger partial charge in [-0.25, -0.2) is 9.79 Å². The van der Waals surface area contributed by atoms with E-state index in [9.17, 15) is 9.59 Å². The van der Waals surface area contributed by atoms with E-state index >= 15 is 0 Å². The molecule has 144 valence electrons. The lowest BCUT2D eigenvalue weighted by molar-refractivity contribution is -0.134. The molecular weight excluding hydrogens is 382 g/mol. The molecule has 0 fully saturated rings. The molecule has 0 saturated heterocycles. The van der Waals surface area contributed by atoms with Gasteiger partial charge in [0.1, 0.15) is 0 Å². The maximum absolute atomic E-state index is 12.2. The molecule has 28 heavy (non-hydrogen) atoms. The molecule has 0 bridgehead atoms. The molecule has 1 heterocycles. The Morgan fingerprint density at radius 2 is 2.07 bits per heavy atom. The molecule has 2 aromatic rings. The smallest absolute Gasteiger partial charge is 0.363 e. The standard InChI is InChI=1S/C21H18ClNO5/c1-4-18(24)27-19-15(22)9-13(11-17(19)26-3)10-16-21(25)28-20(23-16)14-7-5-6-12(2)8-14/h5-11H,4H2,1-3H3. The molecule has 0 aliphatic carbocycles. The summed E-state index contributed by atoms with van der Waals surface area (Å²) < 4.78 is 15.8. The zero-order valence-corrected chi connectivity index (χ0v) is 16.4. The van der Waals surface area contributed by atoms with Crippen molar-refractivity contribution in [1.29, 1.82) is 0 Å². The molecule has 0 spiro atoms. The number of hydrogen-bond acceptors (Lipinski definition) is 6. The Kier molecular flexibility index (Phi) is 5.80. The maximum Gasteiger partial charge on any atom is 0.363 e. The number of carbonyl (C=O) groups excluding carboxylic acids is 2. The number of benzene rings is 2. The van der Waals surface area contributed by atoms with E-state index in [1.807, 2.05) is 31.2 Å². The number of hydrogen-bond donors (Lipinski definition) is 0. The first-order chi connectivity index (χ1) is 13.4. The molecule has 2 aromatic carbocycles. The minimum Gasteiger partial charge on any atom is -0.493 e. The quantitative estimate of drug-likeness (QED) is 0.425. The fraction of sp³-hybridized carbons (Fsp3) is 0.190. The van der Waals surface area contributed by atoms with Crippen LogP contribution in [0.2, 0.25) is 5.02 Å². The summed E-state index contributed by atoms with van der Waals surface area (Å²) in [6.07, 6.45) is 1.73. The average Bonchev–Trinajstić information content (AvgIpc) is 3.04. The molecule has 0 unspecified atom stereocenters. The van der Waals surface area contributed by atoms with Crippen molar-refractivity contribution in [3.63, 3.8) is 0 Å². The van der Waals surface area contributed by atoms with Gasteiger partial charge < -0.3 is 14.2 Å². The van der Waals surface area contributed by atoms with Gasteiger partial charge in [0.25, 0.3) is 0 Å². The highest BCUT2D eigenvalue weighted by molar-refractivity contribution is 6.32. The molecule has 1 aliphatic rings. The van der Waals surface area contributed by atoms with Crippen molar-refractivity contribution in [2.75, 3.05) is 7.11 Å². The Labute approximate surface area is 167 Å². The highest BCUT2D eigenvalue weighted by atomic mass is 35.5. The lowest BCUT2D eigenvalue weighted by Gasteiger charge is -2.11. The van der Waals surface area contributed by atoms with Crippen molar-refractivity contribution < 1.29 is 23.8 Å². The van der Waals surface area contributed by atoms with Gasteiger partial charge in [-0.1, -0.05) is 36.2 Å². The van der Waals surface area contributed by atoms with Crippen LogP contribution in [0.4, 0.5) is 0 Å². The van der Waals surface area contributed by atoms with Crippen LogP contribution in [0.3, 0.4) is 0 Å². The second kappa shape index (κ2) is 8.27. The lowest BCUT2D eigenvalue weighted by Crippen LogP contribution is -2.07.